The molecule has 0 aliphatic carbocycles. The molecule has 0 bridgehead atoms. The van der Waals surface area contributed by atoms with Crippen molar-refractivity contribution >= 4 is 32.8 Å². The summed E-state index contributed by atoms with van der Waals surface area (Å²) in [6.45, 7) is 4.28. The zero-order valence-electron chi connectivity index (χ0n) is 13.8. The predicted octanol–water partition coefficient (Wildman–Crippen LogP) is 5.22. The highest BCUT2D eigenvalue weighted by Crippen LogP contribution is 2.31. The normalized spacial score (nSPS) is 12.2. The summed E-state index contributed by atoms with van der Waals surface area (Å²) in [5.41, 5.74) is 1.02. The summed E-state index contributed by atoms with van der Waals surface area (Å²) in [6, 6.07) is 11.1. The molecule has 0 saturated heterocycles. The van der Waals surface area contributed by atoms with Crippen LogP contribution in [-0.2, 0) is 0 Å². The van der Waals surface area contributed by atoms with Crippen molar-refractivity contribution in [3.8, 4) is 5.75 Å². The number of furan rings is 1. The maximum absolute atomic E-state index is 13.2. The molecule has 130 valence electrons. The average molecular weight is 406 g/mol. The molecule has 25 heavy (non-hydrogen) atoms. The van der Waals surface area contributed by atoms with Crippen molar-refractivity contribution in [1.29, 1.82) is 0 Å². The molecule has 0 aliphatic heterocycles. The van der Waals surface area contributed by atoms with Crippen LogP contribution in [0.3, 0.4) is 0 Å². The van der Waals surface area contributed by atoms with Gasteiger partial charge in [0, 0.05) is 9.86 Å². The lowest BCUT2D eigenvalue weighted by Gasteiger charge is -2.12. The second-order valence-electron chi connectivity index (χ2n) is 5.58. The molecule has 3 aromatic rings. The number of rotatable bonds is 5. The Morgan fingerprint density at radius 1 is 1.32 bits per heavy atom. The van der Waals surface area contributed by atoms with Gasteiger partial charge < -0.3 is 14.5 Å². The van der Waals surface area contributed by atoms with Crippen LogP contribution in [0.2, 0.25) is 0 Å². The van der Waals surface area contributed by atoms with Crippen molar-refractivity contribution in [2.75, 3.05) is 6.61 Å². The number of carbonyl (C=O) groups is 1. The van der Waals surface area contributed by atoms with Crippen LogP contribution in [0, 0.1) is 5.82 Å². The number of ether oxygens (including phenoxy) is 1. The number of nitrogens with one attached hydrogen (secondary N) is 1. The Balaban J connectivity index is 1.83. The van der Waals surface area contributed by atoms with Gasteiger partial charge >= 0.3 is 0 Å². The third-order valence-corrected chi connectivity index (χ3v) is 4.43. The molecular formula is C19H17BrFNO3. The fourth-order valence-corrected chi connectivity index (χ4v) is 3.09. The Morgan fingerprint density at radius 2 is 2.12 bits per heavy atom. The largest absolute Gasteiger partial charge is 0.490 e. The molecule has 1 amide bonds. The van der Waals surface area contributed by atoms with Crippen molar-refractivity contribution in [2.45, 2.75) is 19.9 Å². The molecule has 1 N–H and O–H groups in total. The first kappa shape index (κ1) is 17.5. The van der Waals surface area contributed by atoms with Gasteiger partial charge in [0.05, 0.1) is 18.2 Å². The number of benzene rings is 2. The van der Waals surface area contributed by atoms with Crippen molar-refractivity contribution in [3.05, 3.63) is 64.1 Å². The second kappa shape index (κ2) is 7.27. The van der Waals surface area contributed by atoms with E-state index in [1.165, 1.54) is 18.2 Å². The van der Waals surface area contributed by atoms with Crippen molar-refractivity contribution < 1.29 is 18.3 Å². The minimum Gasteiger partial charge on any atom is -0.490 e. The van der Waals surface area contributed by atoms with Crippen LogP contribution in [0.25, 0.3) is 11.0 Å². The second-order valence-corrected chi connectivity index (χ2v) is 6.43. The predicted molar refractivity (Wildman–Crippen MR) is 97.4 cm³/mol. The van der Waals surface area contributed by atoms with Crippen LogP contribution in [0.15, 0.2) is 51.4 Å². The van der Waals surface area contributed by atoms with Crippen molar-refractivity contribution in [3.63, 3.8) is 0 Å². The lowest BCUT2D eigenvalue weighted by molar-refractivity contribution is 0.0935. The number of hydrogen-bond acceptors (Lipinski definition) is 3. The molecule has 1 atom stereocenters. The monoisotopic (exact) mass is 405 g/mol. The van der Waals surface area contributed by atoms with Gasteiger partial charge in [-0.1, -0.05) is 12.1 Å². The van der Waals surface area contributed by atoms with Gasteiger partial charge in [0.2, 0.25) is 0 Å². The van der Waals surface area contributed by atoms with Crippen molar-refractivity contribution in [1.82, 2.24) is 5.32 Å². The Hall–Kier alpha value is -2.34. The fourth-order valence-electron chi connectivity index (χ4n) is 2.56. The van der Waals surface area contributed by atoms with Crippen LogP contribution < -0.4 is 10.1 Å². The first-order valence-electron chi connectivity index (χ1n) is 7.90. The number of para-hydroxylation sites is 1. The first-order valence-corrected chi connectivity index (χ1v) is 8.70. The standard InChI is InChI=1S/C19H17BrFNO3/c1-3-24-16-6-4-5-12-9-17(25-18(12)16)11(2)22-19(23)14-8-7-13(21)10-15(14)20/h4-11H,3H2,1-2H3,(H,22,23). The van der Waals surface area contributed by atoms with E-state index in [0.717, 1.165) is 5.39 Å². The molecule has 6 heteroatoms. The van der Waals surface area contributed by atoms with Crippen LogP contribution in [0.1, 0.15) is 36.0 Å². The smallest absolute Gasteiger partial charge is 0.253 e. The molecule has 0 aliphatic rings. The molecule has 1 unspecified atom stereocenters. The van der Waals surface area contributed by atoms with E-state index in [4.69, 9.17) is 9.15 Å². The number of hydrogen-bond donors (Lipinski definition) is 1. The van der Waals surface area contributed by atoms with Gasteiger partial charge in [-0.05, 0) is 60.1 Å². The van der Waals surface area contributed by atoms with Gasteiger partial charge in [0.25, 0.3) is 5.91 Å². The molecule has 4 nitrogen and oxygen atoms in total. The van der Waals surface area contributed by atoms with Crippen LogP contribution in [0.4, 0.5) is 4.39 Å². The van der Waals surface area contributed by atoms with E-state index < -0.39 is 5.82 Å². The highest BCUT2D eigenvalue weighted by molar-refractivity contribution is 9.10. The summed E-state index contributed by atoms with van der Waals surface area (Å²) >= 11 is 3.21. The topological polar surface area (TPSA) is 51.5 Å². The molecule has 1 heterocycles. The van der Waals surface area contributed by atoms with E-state index in [1.54, 1.807) is 0 Å². The van der Waals surface area contributed by atoms with Crippen LogP contribution in [-0.4, -0.2) is 12.5 Å². The highest BCUT2D eigenvalue weighted by Gasteiger charge is 2.18. The van der Waals surface area contributed by atoms with Gasteiger partial charge in [0.15, 0.2) is 11.3 Å². The van der Waals surface area contributed by atoms with E-state index in [1.807, 2.05) is 38.1 Å². The van der Waals surface area contributed by atoms with E-state index in [9.17, 15) is 9.18 Å². The fraction of sp³-hybridized carbons (Fsp3) is 0.211. The minimum absolute atomic E-state index is 0.315. The number of carbonyl (C=O) groups excluding carboxylic acids is 1. The molecule has 0 radical (unpaired) electrons. The first-order chi connectivity index (χ1) is 12.0. The molecule has 2 aromatic carbocycles. The van der Waals surface area contributed by atoms with Gasteiger partial charge in [0.1, 0.15) is 11.6 Å². The van der Waals surface area contributed by atoms with Gasteiger partial charge in [-0.2, -0.15) is 0 Å². The molecule has 0 spiro atoms. The maximum Gasteiger partial charge on any atom is 0.253 e. The molecule has 0 saturated carbocycles. The van der Waals surface area contributed by atoms with Crippen LogP contribution in [0.5, 0.6) is 5.75 Å². The zero-order chi connectivity index (χ0) is 18.0. The Kier molecular flexibility index (Phi) is 5.08. The van der Waals surface area contributed by atoms with Gasteiger partial charge in [-0.3, -0.25) is 4.79 Å². The van der Waals surface area contributed by atoms with E-state index in [-0.39, 0.29) is 11.9 Å². The van der Waals surface area contributed by atoms with E-state index >= 15 is 0 Å². The van der Waals surface area contributed by atoms with Crippen LogP contribution >= 0.6 is 15.9 Å². The van der Waals surface area contributed by atoms with Gasteiger partial charge in [-0.15, -0.1) is 0 Å². The zero-order valence-corrected chi connectivity index (χ0v) is 15.4. The summed E-state index contributed by atoms with van der Waals surface area (Å²) in [5.74, 6) is 0.571. The summed E-state index contributed by atoms with van der Waals surface area (Å²) in [4.78, 5) is 12.4. The Bertz CT molecular complexity index is 922. The molecule has 1 aromatic heterocycles. The quantitative estimate of drug-likeness (QED) is 0.632. The lowest BCUT2D eigenvalue weighted by atomic mass is 10.1. The third kappa shape index (κ3) is 3.69. The summed E-state index contributed by atoms with van der Waals surface area (Å²) in [7, 11) is 0. The Labute approximate surface area is 153 Å². The Morgan fingerprint density at radius 3 is 2.84 bits per heavy atom. The number of fused-ring (bicyclic) bond motifs is 1. The minimum atomic E-state index is -0.405. The lowest BCUT2D eigenvalue weighted by Crippen LogP contribution is -2.26. The molecular weight excluding hydrogens is 389 g/mol. The number of halogens is 2. The summed E-state index contributed by atoms with van der Waals surface area (Å²) in [6.07, 6.45) is 0. The third-order valence-electron chi connectivity index (χ3n) is 3.78. The van der Waals surface area contributed by atoms with E-state index in [2.05, 4.69) is 21.2 Å². The molecule has 0 fully saturated rings. The average Bonchev–Trinajstić information content (AvgIpc) is 3.00. The van der Waals surface area contributed by atoms with Crippen molar-refractivity contribution in [2.24, 2.45) is 0 Å². The van der Waals surface area contributed by atoms with Gasteiger partial charge in [-0.25, -0.2) is 4.39 Å². The highest BCUT2D eigenvalue weighted by atomic mass is 79.9. The number of amides is 1. The SMILES string of the molecule is CCOc1cccc2cc(C(C)NC(=O)c3ccc(F)cc3Br)oc12. The maximum atomic E-state index is 13.2. The molecule has 3 rings (SSSR count). The summed E-state index contributed by atoms with van der Waals surface area (Å²) < 4.78 is 25.0. The van der Waals surface area contributed by atoms with E-state index in [0.29, 0.717) is 33.7 Å². The summed E-state index contributed by atoms with van der Waals surface area (Å²) in [5, 5.41) is 3.77.